The van der Waals surface area contributed by atoms with Crippen molar-refractivity contribution in [3.8, 4) is 11.6 Å². The summed E-state index contributed by atoms with van der Waals surface area (Å²) < 4.78 is 10.3. The summed E-state index contributed by atoms with van der Waals surface area (Å²) >= 11 is 0. The Morgan fingerprint density at radius 2 is 2.06 bits per heavy atom. The average Bonchev–Trinajstić information content (AvgIpc) is 2.28. The number of benzene rings is 1. The number of hydrogen-bond acceptors (Lipinski definition) is 4. The van der Waals surface area contributed by atoms with Crippen LogP contribution in [0.15, 0.2) is 24.3 Å². The highest BCUT2D eigenvalue weighted by molar-refractivity contribution is 6.01. The Bertz CT molecular complexity index is 599. The first-order valence-electron chi connectivity index (χ1n) is 4.69. The molecule has 88 valence electrons. The fourth-order valence-corrected chi connectivity index (χ4v) is 1.75. The summed E-state index contributed by atoms with van der Waals surface area (Å²) in [6, 6.07) is 7.20. The van der Waals surface area contributed by atoms with E-state index in [1.165, 1.54) is 0 Å². The number of carbonyl (C=O) groups is 1. The molecule has 3 rings (SSSR count). The standard InChI is InChI=1S/C11H7NO4.ClH/c13-11(14)8-9-6-3-1-2-4-7(6)12-10(8)16-5-15-9;/h1-4H,5H2,(H,13,14);1H. The first-order valence-corrected chi connectivity index (χ1v) is 4.69. The fraction of sp³-hybridized carbons (Fsp3) is 0.0909. The van der Waals surface area contributed by atoms with Crippen LogP contribution in [-0.2, 0) is 0 Å². The number of hydrogen-bond donors (Lipinski definition) is 1. The van der Waals surface area contributed by atoms with Gasteiger partial charge in [-0.15, -0.1) is 12.4 Å². The van der Waals surface area contributed by atoms with Crippen LogP contribution < -0.4 is 9.47 Å². The van der Waals surface area contributed by atoms with Crippen LogP contribution in [0.5, 0.6) is 11.6 Å². The van der Waals surface area contributed by atoms with Gasteiger partial charge in [0.1, 0.15) is 0 Å². The van der Waals surface area contributed by atoms with Crippen LogP contribution in [0.3, 0.4) is 0 Å². The number of aromatic nitrogens is 1. The van der Waals surface area contributed by atoms with E-state index in [4.69, 9.17) is 14.6 Å². The molecule has 2 heterocycles. The summed E-state index contributed by atoms with van der Waals surface area (Å²) in [5, 5.41) is 9.76. The minimum Gasteiger partial charge on any atom is -0.477 e. The lowest BCUT2D eigenvalue weighted by Gasteiger charge is -2.20. The van der Waals surface area contributed by atoms with Gasteiger partial charge in [-0.3, -0.25) is 0 Å². The molecule has 1 N–H and O–H groups in total. The number of aromatic carboxylic acids is 1. The molecule has 17 heavy (non-hydrogen) atoms. The largest absolute Gasteiger partial charge is 0.477 e. The van der Waals surface area contributed by atoms with Crippen molar-refractivity contribution in [1.29, 1.82) is 0 Å². The molecule has 6 heteroatoms. The zero-order valence-corrected chi connectivity index (χ0v) is 9.36. The number of carboxylic acids is 1. The topological polar surface area (TPSA) is 68.7 Å². The van der Waals surface area contributed by atoms with Crippen LogP contribution in [-0.4, -0.2) is 22.9 Å². The van der Waals surface area contributed by atoms with E-state index in [0.29, 0.717) is 16.7 Å². The number of carboxylic acid groups (broad SMARTS) is 1. The Morgan fingerprint density at radius 1 is 1.29 bits per heavy atom. The molecule has 0 unspecified atom stereocenters. The molecule has 1 aromatic heterocycles. The van der Waals surface area contributed by atoms with Gasteiger partial charge in [0.05, 0.1) is 5.52 Å². The van der Waals surface area contributed by atoms with Crippen LogP contribution >= 0.6 is 12.4 Å². The monoisotopic (exact) mass is 253 g/mol. The molecule has 1 aliphatic heterocycles. The molecule has 2 aromatic rings. The number of rotatable bonds is 1. The molecule has 0 saturated heterocycles. The maximum absolute atomic E-state index is 11.1. The zero-order chi connectivity index (χ0) is 11.1. The molecule has 0 fully saturated rings. The highest BCUT2D eigenvalue weighted by atomic mass is 35.5. The third kappa shape index (κ3) is 1.64. The van der Waals surface area contributed by atoms with Gasteiger partial charge in [0.2, 0.25) is 12.7 Å². The molecule has 0 aliphatic carbocycles. The van der Waals surface area contributed by atoms with Crippen LogP contribution in [0.2, 0.25) is 0 Å². The second kappa shape index (κ2) is 4.10. The lowest BCUT2D eigenvalue weighted by molar-refractivity contribution is 0.0622. The van der Waals surface area contributed by atoms with Crippen molar-refractivity contribution < 1.29 is 19.4 Å². The Hall–Kier alpha value is -2.01. The lowest BCUT2D eigenvalue weighted by Crippen LogP contribution is -2.18. The predicted octanol–water partition coefficient (Wildman–Crippen LogP) is 2.08. The van der Waals surface area contributed by atoms with Crippen molar-refractivity contribution in [2.24, 2.45) is 0 Å². The van der Waals surface area contributed by atoms with Gasteiger partial charge >= 0.3 is 5.97 Å². The molecule has 0 amide bonds. The van der Waals surface area contributed by atoms with E-state index in [-0.39, 0.29) is 30.6 Å². The summed E-state index contributed by atoms with van der Waals surface area (Å²) in [4.78, 5) is 15.2. The van der Waals surface area contributed by atoms with Crippen molar-refractivity contribution >= 4 is 29.3 Å². The van der Waals surface area contributed by atoms with Crippen LogP contribution in [0, 0.1) is 0 Å². The van der Waals surface area contributed by atoms with Gasteiger partial charge in [-0.25, -0.2) is 9.78 Å². The highest BCUT2D eigenvalue weighted by Gasteiger charge is 2.26. The number of halogens is 1. The number of fused-ring (bicyclic) bond motifs is 4. The van der Waals surface area contributed by atoms with Gasteiger partial charge in [-0.2, -0.15) is 0 Å². The van der Waals surface area contributed by atoms with E-state index >= 15 is 0 Å². The normalized spacial score (nSPS) is 12.2. The summed E-state index contributed by atoms with van der Waals surface area (Å²) in [5.74, 6) is -0.644. The molecular formula is C11H8ClNO4. The number of para-hydroxylation sites is 1. The van der Waals surface area contributed by atoms with Gasteiger partial charge in [0, 0.05) is 5.39 Å². The van der Waals surface area contributed by atoms with Gasteiger partial charge in [0.25, 0.3) is 0 Å². The first kappa shape index (κ1) is 11.5. The molecule has 1 aromatic carbocycles. The van der Waals surface area contributed by atoms with Crippen molar-refractivity contribution in [3.63, 3.8) is 0 Å². The van der Waals surface area contributed by atoms with Crippen LogP contribution in [0.1, 0.15) is 10.4 Å². The SMILES string of the molecule is Cl.O=C(O)c1c2nc3ccccc3c1OCO2. The quantitative estimate of drug-likeness (QED) is 0.843. The molecule has 5 nitrogen and oxygen atoms in total. The van der Waals surface area contributed by atoms with E-state index in [9.17, 15) is 4.79 Å². The van der Waals surface area contributed by atoms with Crippen molar-refractivity contribution in [2.45, 2.75) is 0 Å². The number of nitrogens with zero attached hydrogens (tertiary/aromatic N) is 1. The van der Waals surface area contributed by atoms with Gasteiger partial charge in [-0.1, -0.05) is 12.1 Å². The van der Waals surface area contributed by atoms with Gasteiger partial charge in [-0.05, 0) is 12.1 Å². The smallest absolute Gasteiger partial charge is 0.345 e. The van der Waals surface area contributed by atoms with E-state index in [0.717, 1.165) is 0 Å². The maximum Gasteiger partial charge on any atom is 0.345 e. The minimum atomic E-state index is -1.09. The van der Waals surface area contributed by atoms with E-state index in [2.05, 4.69) is 4.98 Å². The lowest BCUT2D eigenvalue weighted by atomic mass is 10.1. The van der Waals surface area contributed by atoms with Crippen molar-refractivity contribution in [2.75, 3.05) is 6.79 Å². The summed E-state index contributed by atoms with van der Waals surface area (Å²) in [6.45, 7) is -0.000713. The molecule has 1 aliphatic rings. The van der Waals surface area contributed by atoms with Crippen LogP contribution in [0.25, 0.3) is 10.9 Å². The van der Waals surface area contributed by atoms with E-state index in [1.807, 2.05) is 12.1 Å². The molecule has 2 bridgehead atoms. The number of pyridine rings is 1. The molecule has 0 radical (unpaired) electrons. The van der Waals surface area contributed by atoms with Crippen molar-refractivity contribution in [3.05, 3.63) is 29.8 Å². The molecule has 0 saturated carbocycles. The Kier molecular flexibility index (Phi) is 2.77. The van der Waals surface area contributed by atoms with E-state index in [1.54, 1.807) is 12.1 Å². The molecular weight excluding hydrogens is 246 g/mol. The second-order valence-corrected chi connectivity index (χ2v) is 3.35. The Labute approximate surface area is 102 Å². The fourth-order valence-electron chi connectivity index (χ4n) is 1.75. The van der Waals surface area contributed by atoms with Crippen LogP contribution in [0.4, 0.5) is 0 Å². The summed E-state index contributed by atoms with van der Waals surface area (Å²) in [5.41, 5.74) is 0.655. The van der Waals surface area contributed by atoms with E-state index < -0.39 is 5.97 Å². The average molecular weight is 254 g/mol. The minimum absolute atomic E-state index is 0. The van der Waals surface area contributed by atoms with Gasteiger partial charge < -0.3 is 14.6 Å². The molecule has 0 atom stereocenters. The van der Waals surface area contributed by atoms with Gasteiger partial charge in [0.15, 0.2) is 11.3 Å². The number of ether oxygens (including phenoxy) is 2. The second-order valence-electron chi connectivity index (χ2n) is 3.35. The highest BCUT2D eigenvalue weighted by Crippen LogP contribution is 2.37. The zero-order valence-electron chi connectivity index (χ0n) is 8.54. The third-order valence-corrected chi connectivity index (χ3v) is 2.42. The third-order valence-electron chi connectivity index (χ3n) is 2.42. The Balaban J connectivity index is 0.00000108. The van der Waals surface area contributed by atoms with Crippen molar-refractivity contribution in [1.82, 2.24) is 4.98 Å². The predicted molar refractivity (Wildman–Crippen MR) is 62.1 cm³/mol. The summed E-state index contributed by atoms with van der Waals surface area (Å²) in [6.07, 6.45) is 0. The first-order chi connectivity index (χ1) is 7.77. The summed E-state index contributed by atoms with van der Waals surface area (Å²) in [7, 11) is 0. The Morgan fingerprint density at radius 3 is 2.82 bits per heavy atom. The molecule has 0 spiro atoms. The maximum atomic E-state index is 11.1.